The lowest BCUT2D eigenvalue weighted by molar-refractivity contribution is -0.134. The fourth-order valence-electron chi connectivity index (χ4n) is 1.93. The van der Waals surface area contributed by atoms with Crippen LogP contribution in [0.15, 0.2) is 0 Å². The minimum atomic E-state index is -0.485. The van der Waals surface area contributed by atoms with E-state index in [1.165, 1.54) is 0 Å². The maximum absolute atomic E-state index is 12.2. The van der Waals surface area contributed by atoms with Crippen LogP contribution in [0.5, 0.6) is 0 Å². The molecule has 0 aromatic carbocycles. The van der Waals surface area contributed by atoms with Crippen LogP contribution in [0, 0.1) is 23.2 Å². The van der Waals surface area contributed by atoms with E-state index < -0.39 is 5.92 Å². The molecule has 0 aliphatic carbocycles. The Morgan fingerprint density at radius 3 is 2.59 bits per heavy atom. The second-order valence-electron chi connectivity index (χ2n) is 5.53. The van der Waals surface area contributed by atoms with Gasteiger partial charge in [-0.25, -0.2) is 0 Å². The summed E-state index contributed by atoms with van der Waals surface area (Å²) >= 11 is 1.91. The van der Waals surface area contributed by atoms with Gasteiger partial charge in [-0.15, -0.1) is 0 Å². The molecule has 0 aromatic rings. The minimum absolute atomic E-state index is 0.0146. The van der Waals surface area contributed by atoms with Crippen LogP contribution in [0.2, 0.25) is 0 Å². The van der Waals surface area contributed by atoms with Crippen LogP contribution in [0.25, 0.3) is 0 Å². The van der Waals surface area contributed by atoms with Crippen molar-refractivity contribution in [3.8, 4) is 6.07 Å². The van der Waals surface area contributed by atoms with Crippen LogP contribution in [0.4, 0.5) is 0 Å². The smallest absolute Gasteiger partial charge is 0.240 e. The van der Waals surface area contributed by atoms with Crippen molar-refractivity contribution in [1.29, 1.82) is 5.26 Å². The summed E-state index contributed by atoms with van der Waals surface area (Å²) in [7, 11) is 0. The van der Waals surface area contributed by atoms with Gasteiger partial charge in [0.1, 0.15) is 5.92 Å². The molecule has 1 heterocycles. The highest BCUT2D eigenvalue weighted by Gasteiger charge is 2.30. The molecule has 3 nitrogen and oxygen atoms in total. The molecule has 1 saturated heterocycles. The average Bonchev–Trinajstić information content (AvgIpc) is 2.39. The molecule has 1 amide bonds. The number of nitrogens with zero attached hydrogens (tertiary/aromatic N) is 2. The van der Waals surface area contributed by atoms with Crippen molar-refractivity contribution < 1.29 is 4.79 Å². The van der Waals surface area contributed by atoms with Gasteiger partial charge >= 0.3 is 0 Å². The van der Waals surface area contributed by atoms with Crippen LogP contribution < -0.4 is 0 Å². The second kappa shape index (κ2) is 5.77. The average molecular weight is 254 g/mol. The Kier molecular flexibility index (Phi) is 4.88. The fourth-order valence-corrected chi connectivity index (χ4v) is 3.03. The van der Waals surface area contributed by atoms with Crippen molar-refractivity contribution in [2.45, 2.75) is 38.9 Å². The molecule has 1 unspecified atom stereocenters. The van der Waals surface area contributed by atoms with E-state index in [1.807, 2.05) is 30.5 Å². The van der Waals surface area contributed by atoms with E-state index in [2.05, 4.69) is 19.9 Å². The largest absolute Gasteiger partial charge is 0.341 e. The van der Waals surface area contributed by atoms with E-state index in [0.717, 1.165) is 25.3 Å². The van der Waals surface area contributed by atoms with Crippen molar-refractivity contribution in [2.75, 3.05) is 18.8 Å². The Morgan fingerprint density at radius 1 is 1.41 bits per heavy atom. The molecule has 17 heavy (non-hydrogen) atoms. The summed E-state index contributed by atoms with van der Waals surface area (Å²) in [5.41, 5.74) is 0. The summed E-state index contributed by atoms with van der Waals surface area (Å²) in [6.07, 6.45) is 1.000. The van der Waals surface area contributed by atoms with Gasteiger partial charge in [0.25, 0.3) is 0 Å². The normalized spacial score (nSPS) is 21.8. The topological polar surface area (TPSA) is 44.1 Å². The lowest BCUT2D eigenvalue weighted by atomic mass is 9.95. The molecule has 1 aliphatic heterocycles. The molecule has 0 N–H and O–H groups in total. The summed E-state index contributed by atoms with van der Waals surface area (Å²) in [4.78, 5) is 14.1. The van der Waals surface area contributed by atoms with E-state index in [4.69, 9.17) is 5.26 Å². The number of nitriles is 1. The van der Waals surface area contributed by atoms with Gasteiger partial charge in [0.05, 0.1) is 6.07 Å². The van der Waals surface area contributed by atoms with Crippen LogP contribution in [-0.4, -0.2) is 34.4 Å². The highest BCUT2D eigenvalue weighted by atomic mass is 32.2. The van der Waals surface area contributed by atoms with E-state index in [0.29, 0.717) is 0 Å². The van der Waals surface area contributed by atoms with Crippen molar-refractivity contribution >= 4 is 17.7 Å². The van der Waals surface area contributed by atoms with Gasteiger partial charge in [-0.3, -0.25) is 4.79 Å². The standard InChI is InChI=1S/C13H22N2OS/c1-10(2)11(9-14)12(16)15-6-5-13(3,4)17-8-7-15/h10-11H,5-8H2,1-4H3. The van der Waals surface area contributed by atoms with Crippen molar-refractivity contribution in [3.05, 3.63) is 0 Å². The first-order valence-electron chi connectivity index (χ1n) is 6.20. The summed E-state index contributed by atoms with van der Waals surface area (Å²) < 4.78 is 0.245. The molecule has 0 saturated carbocycles. The molecule has 0 bridgehead atoms. The lowest BCUT2D eigenvalue weighted by Gasteiger charge is -2.25. The number of hydrogen-bond donors (Lipinski definition) is 0. The molecule has 1 aliphatic rings. The molecular weight excluding hydrogens is 232 g/mol. The van der Waals surface area contributed by atoms with Gasteiger partial charge in [-0.05, 0) is 12.3 Å². The maximum Gasteiger partial charge on any atom is 0.240 e. The Labute approximate surface area is 109 Å². The summed E-state index contributed by atoms with van der Waals surface area (Å²) in [6, 6.07) is 2.14. The van der Waals surface area contributed by atoms with Crippen LogP contribution >= 0.6 is 11.8 Å². The maximum atomic E-state index is 12.2. The van der Waals surface area contributed by atoms with Crippen LogP contribution in [0.3, 0.4) is 0 Å². The van der Waals surface area contributed by atoms with Gasteiger partial charge in [0.15, 0.2) is 0 Å². The van der Waals surface area contributed by atoms with Gasteiger partial charge in [0.2, 0.25) is 5.91 Å². The molecule has 1 fully saturated rings. The predicted octanol–water partition coefficient (Wildman–Crippen LogP) is 2.53. The molecule has 0 spiro atoms. The van der Waals surface area contributed by atoms with Gasteiger partial charge in [0, 0.05) is 23.6 Å². The Bertz CT molecular complexity index is 320. The Morgan fingerprint density at radius 2 is 2.06 bits per heavy atom. The second-order valence-corrected chi connectivity index (χ2v) is 7.34. The molecule has 1 atom stereocenters. The van der Waals surface area contributed by atoms with Gasteiger partial charge in [-0.2, -0.15) is 17.0 Å². The SMILES string of the molecule is CC(C)C(C#N)C(=O)N1CCSC(C)(C)CC1. The highest BCUT2D eigenvalue weighted by Crippen LogP contribution is 2.31. The third-order valence-electron chi connectivity index (χ3n) is 3.22. The van der Waals surface area contributed by atoms with Crippen molar-refractivity contribution in [3.63, 3.8) is 0 Å². The summed E-state index contributed by atoms with van der Waals surface area (Å²) in [6.45, 7) is 9.86. The monoisotopic (exact) mass is 254 g/mol. The third-order valence-corrected chi connectivity index (χ3v) is 4.59. The number of rotatable bonds is 2. The Hall–Kier alpha value is -0.690. The zero-order valence-corrected chi connectivity index (χ0v) is 12.0. The van der Waals surface area contributed by atoms with Crippen molar-refractivity contribution in [2.24, 2.45) is 11.8 Å². The van der Waals surface area contributed by atoms with Gasteiger partial charge in [-0.1, -0.05) is 27.7 Å². The van der Waals surface area contributed by atoms with E-state index in [-0.39, 0.29) is 16.6 Å². The number of thioether (sulfide) groups is 1. The molecular formula is C13H22N2OS. The van der Waals surface area contributed by atoms with Crippen LogP contribution in [-0.2, 0) is 4.79 Å². The zero-order valence-electron chi connectivity index (χ0n) is 11.2. The number of hydrogen-bond acceptors (Lipinski definition) is 3. The number of carbonyl (C=O) groups excluding carboxylic acids is 1. The van der Waals surface area contributed by atoms with Crippen molar-refractivity contribution in [1.82, 2.24) is 4.90 Å². The van der Waals surface area contributed by atoms with E-state index in [9.17, 15) is 4.79 Å². The van der Waals surface area contributed by atoms with E-state index in [1.54, 1.807) is 0 Å². The number of amides is 1. The summed E-state index contributed by atoms with van der Waals surface area (Å²) in [5, 5.41) is 9.07. The first-order chi connectivity index (χ1) is 7.87. The van der Waals surface area contributed by atoms with E-state index >= 15 is 0 Å². The molecule has 0 radical (unpaired) electrons. The quantitative estimate of drug-likeness (QED) is 0.760. The molecule has 96 valence electrons. The third kappa shape index (κ3) is 3.92. The predicted molar refractivity (Wildman–Crippen MR) is 71.7 cm³/mol. The number of carbonyl (C=O) groups is 1. The minimum Gasteiger partial charge on any atom is -0.341 e. The zero-order chi connectivity index (χ0) is 13.1. The summed E-state index contributed by atoms with van der Waals surface area (Å²) in [5.74, 6) is 0.591. The van der Waals surface area contributed by atoms with Gasteiger partial charge < -0.3 is 4.90 Å². The molecule has 4 heteroatoms. The first-order valence-corrected chi connectivity index (χ1v) is 7.18. The van der Waals surface area contributed by atoms with Crippen LogP contribution in [0.1, 0.15) is 34.1 Å². The molecule has 0 aromatic heterocycles. The fraction of sp³-hybridized carbons (Fsp3) is 0.846. The first kappa shape index (κ1) is 14.4. The highest BCUT2D eigenvalue weighted by molar-refractivity contribution is 8.00. The Balaban J connectivity index is 2.67. The molecule has 1 rings (SSSR count). The lowest BCUT2D eigenvalue weighted by Crippen LogP contribution is -2.39.